The van der Waals surface area contributed by atoms with Crippen molar-refractivity contribution < 1.29 is 9.59 Å². The molecule has 0 heterocycles. The van der Waals surface area contributed by atoms with E-state index in [2.05, 4.69) is 10.6 Å². The van der Waals surface area contributed by atoms with E-state index >= 15 is 0 Å². The molecule has 6 heteroatoms. The number of carbonyl (C=O) groups excluding carboxylic acids is 2. The number of halogens is 2. The van der Waals surface area contributed by atoms with Crippen molar-refractivity contribution in [2.24, 2.45) is 0 Å². The minimum Gasteiger partial charge on any atom is -0.348 e. The third-order valence-electron chi connectivity index (χ3n) is 5.14. The third kappa shape index (κ3) is 7.20. The Morgan fingerprint density at radius 1 is 0.471 bits per heavy atom. The molecule has 0 aromatic heterocycles. The lowest BCUT2D eigenvalue weighted by atomic mass is 9.99. The highest BCUT2D eigenvalue weighted by Gasteiger charge is 2.13. The van der Waals surface area contributed by atoms with E-state index in [1.54, 1.807) is 0 Å². The second kappa shape index (κ2) is 13.2. The van der Waals surface area contributed by atoms with Gasteiger partial charge >= 0.3 is 0 Å². The van der Waals surface area contributed by atoms with Crippen LogP contribution in [0.25, 0.3) is 0 Å². The van der Waals surface area contributed by atoms with Crippen molar-refractivity contribution >= 4 is 36.0 Å². The van der Waals surface area contributed by atoms with Crippen LogP contribution in [-0.2, 0) is 9.59 Å². The summed E-state index contributed by atoms with van der Waals surface area (Å²) in [7, 11) is 0. The number of amides is 2. The molecule has 0 spiro atoms. The quantitative estimate of drug-likeness (QED) is 0.282. The minimum absolute atomic E-state index is 0.133. The molecule has 2 N–H and O–H groups in total. The Morgan fingerprint density at radius 3 is 1.06 bits per heavy atom. The van der Waals surface area contributed by atoms with Crippen molar-refractivity contribution in [1.82, 2.24) is 10.6 Å². The van der Waals surface area contributed by atoms with Crippen LogP contribution in [-0.4, -0.2) is 12.8 Å². The van der Waals surface area contributed by atoms with Gasteiger partial charge < -0.3 is 10.6 Å². The lowest BCUT2D eigenvalue weighted by Gasteiger charge is -2.17. The average molecular weight is 491 g/mol. The van der Waals surface area contributed by atoms with Gasteiger partial charge in [-0.15, -0.1) is 0 Å². The van der Waals surface area contributed by atoms with Crippen molar-refractivity contribution in [2.75, 3.05) is 0 Å². The summed E-state index contributed by atoms with van der Waals surface area (Å²) in [6, 6.07) is 34.3. The van der Waals surface area contributed by atoms with Crippen LogP contribution in [0.4, 0.5) is 0 Å². The Balaban J connectivity index is 0.000000191. The van der Waals surface area contributed by atoms with Gasteiger partial charge in [-0.3, -0.25) is 9.59 Å². The highest BCUT2D eigenvalue weighted by Crippen LogP contribution is 2.24. The number of benzene rings is 4. The number of nitrogens with one attached hydrogen (secondary N) is 2. The predicted molar refractivity (Wildman–Crippen MR) is 138 cm³/mol. The molecule has 172 valence electrons. The predicted octanol–water partition coefficient (Wildman–Crippen LogP) is 6.35. The van der Waals surface area contributed by atoms with E-state index < -0.39 is 0 Å². The molecule has 0 fully saturated rings. The molecule has 0 unspecified atom stereocenters. The molecule has 2 amide bonds. The molecule has 0 saturated carbocycles. The van der Waals surface area contributed by atoms with Crippen molar-refractivity contribution in [3.05, 3.63) is 141 Å². The maximum atomic E-state index is 10.7. The molecule has 0 aliphatic carbocycles. The Morgan fingerprint density at radius 2 is 0.765 bits per heavy atom. The van der Waals surface area contributed by atoms with Crippen LogP contribution in [0.3, 0.4) is 0 Å². The first-order chi connectivity index (χ1) is 16.6. The molecular weight excluding hydrogens is 467 g/mol. The third-order valence-corrected chi connectivity index (χ3v) is 5.65. The van der Waals surface area contributed by atoms with Gasteiger partial charge in [0.1, 0.15) is 0 Å². The maximum absolute atomic E-state index is 10.7. The molecule has 0 radical (unpaired) electrons. The molecule has 0 aliphatic rings. The lowest BCUT2D eigenvalue weighted by molar-refractivity contribution is -0.110. The van der Waals surface area contributed by atoms with Crippen LogP contribution >= 0.6 is 23.2 Å². The summed E-state index contributed by atoms with van der Waals surface area (Å²) in [5.41, 5.74) is 4.10. The van der Waals surface area contributed by atoms with Crippen molar-refractivity contribution in [3.8, 4) is 0 Å². The largest absolute Gasteiger partial charge is 0.348 e. The Kier molecular flexibility index (Phi) is 9.71. The topological polar surface area (TPSA) is 58.2 Å². The second-order valence-corrected chi connectivity index (χ2v) is 8.23. The summed E-state index contributed by atoms with van der Waals surface area (Å²) in [5, 5.41) is 7.00. The Hall–Kier alpha value is -3.60. The van der Waals surface area contributed by atoms with Gasteiger partial charge in [0.15, 0.2) is 0 Å². The molecule has 0 bridgehead atoms. The molecule has 4 rings (SSSR count). The highest BCUT2D eigenvalue weighted by molar-refractivity contribution is 6.30. The number of hydrogen-bond acceptors (Lipinski definition) is 2. The fraction of sp³-hybridized carbons (Fsp3) is 0.0714. The molecule has 4 aromatic rings. The SMILES string of the molecule is O=CN[C@@H](c1ccccc1)c1ccc(Cl)cc1.O=CN[C@H](c1ccccc1)c1ccc(Cl)cc1. The van der Waals surface area contributed by atoms with E-state index in [1.165, 1.54) is 0 Å². The summed E-state index contributed by atoms with van der Waals surface area (Å²) < 4.78 is 0. The zero-order valence-corrected chi connectivity index (χ0v) is 19.8. The molecule has 34 heavy (non-hydrogen) atoms. The normalized spacial score (nSPS) is 11.8. The highest BCUT2D eigenvalue weighted by atomic mass is 35.5. The molecule has 2 atom stereocenters. The second-order valence-electron chi connectivity index (χ2n) is 7.36. The summed E-state index contributed by atoms with van der Waals surface area (Å²) in [4.78, 5) is 21.4. The van der Waals surface area contributed by atoms with Crippen LogP contribution in [0.2, 0.25) is 10.0 Å². The van der Waals surface area contributed by atoms with Crippen LogP contribution in [0, 0.1) is 0 Å². The van der Waals surface area contributed by atoms with E-state index in [0.29, 0.717) is 22.9 Å². The van der Waals surface area contributed by atoms with Gasteiger partial charge in [0.05, 0.1) is 12.1 Å². The van der Waals surface area contributed by atoms with Crippen LogP contribution in [0.1, 0.15) is 34.3 Å². The van der Waals surface area contributed by atoms with E-state index in [-0.39, 0.29) is 12.1 Å². The van der Waals surface area contributed by atoms with Crippen molar-refractivity contribution in [1.29, 1.82) is 0 Å². The summed E-state index contributed by atoms with van der Waals surface area (Å²) in [6.45, 7) is 0. The van der Waals surface area contributed by atoms with E-state index in [9.17, 15) is 9.59 Å². The van der Waals surface area contributed by atoms with Crippen molar-refractivity contribution in [2.45, 2.75) is 12.1 Å². The molecular formula is C28H24Cl2N2O2. The van der Waals surface area contributed by atoms with E-state index in [0.717, 1.165) is 22.3 Å². The first-order valence-electron chi connectivity index (χ1n) is 10.6. The van der Waals surface area contributed by atoms with Gasteiger partial charge in [-0.05, 0) is 46.5 Å². The smallest absolute Gasteiger partial charge is 0.207 e. The molecule has 0 aliphatic heterocycles. The fourth-order valence-corrected chi connectivity index (χ4v) is 3.76. The number of rotatable bonds is 8. The van der Waals surface area contributed by atoms with Crippen molar-refractivity contribution in [3.63, 3.8) is 0 Å². The fourth-order valence-electron chi connectivity index (χ4n) is 3.51. The summed E-state index contributed by atoms with van der Waals surface area (Å²) in [6.07, 6.45) is 1.43. The summed E-state index contributed by atoms with van der Waals surface area (Å²) >= 11 is 11.7. The lowest BCUT2D eigenvalue weighted by Crippen LogP contribution is -2.20. The molecule has 0 saturated heterocycles. The number of carbonyl (C=O) groups is 2. The van der Waals surface area contributed by atoms with Gasteiger partial charge in [0.25, 0.3) is 0 Å². The standard InChI is InChI=1S/2C14H12ClNO/c2*15-13-8-6-12(7-9-13)14(16-10-17)11-4-2-1-3-5-11/h2*1-10,14H,(H,16,17)/t2*14-/m10/s1. The zero-order chi connectivity index (χ0) is 24.2. The number of hydrogen-bond donors (Lipinski definition) is 2. The first-order valence-corrected chi connectivity index (χ1v) is 11.4. The van der Waals surface area contributed by atoms with Crippen LogP contribution < -0.4 is 10.6 Å². The van der Waals surface area contributed by atoms with Gasteiger partial charge in [-0.1, -0.05) is 108 Å². The average Bonchev–Trinajstić information content (AvgIpc) is 2.89. The zero-order valence-electron chi connectivity index (χ0n) is 18.3. The Labute approximate surface area is 209 Å². The summed E-state index contributed by atoms with van der Waals surface area (Å²) in [5.74, 6) is 0. The first kappa shape index (κ1) is 25.0. The van der Waals surface area contributed by atoms with Crippen LogP contribution in [0.15, 0.2) is 109 Å². The van der Waals surface area contributed by atoms with Gasteiger partial charge in [-0.2, -0.15) is 0 Å². The van der Waals surface area contributed by atoms with E-state index in [4.69, 9.17) is 23.2 Å². The Bertz CT molecular complexity index is 1060. The maximum Gasteiger partial charge on any atom is 0.207 e. The van der Waals surface area contributed by atoms with Gasteiger partial charge in [0, 0.05) is 10.0 Å². The monoisotopic (exact) mass is 490 g/mol. The van der Waals surface area contributed by atoms with Gasteiger partial charge in [-0.25, -0.2) is 0 Å². The van der Waals surface area contributed by atoms with Gasteiger partial charge in [0.2, 0.25) is 12.8 Å². The van der Waals surface area contributed by atoms with E-state index in [1.807, 2.05) is 109 Å². The molecule has 4 aromatic carbocycles. The molecule has 4 nitrogen and oxygen atoms in total. The minimum atomic E-state index is -0.133. The van der Waals surface area contributed by atoms with Crippen LogP contribution in [0.5, 0.6) is 0 Å².